The zero-order chi connectivity index (χ0) is 12.0. The Bertz CT molecular complexity index is 296. The largest absolute Gasteiger partial charge is 0.334 e. The van der Waals surface area contributed by atoms with E-state index in [1.165, 1.54) is 43.6 Å². The lowest BCUT2D eigenvalue weighted by Gasteiger charge is -2.16. The van der Waals surface area contributed by atoms with Crippen LogP contribution in [-0.2, 0) is 6.54 Å². The maximum Gasteiger partial charge on any atom is 0.112 e. The van der Waals surface area contributed by atoms with Crippen LogP contribution in [0.15, 0.2) is 6.20 Å². The summed E-state index contributed by atoms with van der Waals surface area (Å²) in [4.78, 5) is 4.73. The first-order chi connectivity index (χ1) is 7.72. The van der Waals surface area contributed by atoms with Crippen molar-refractivity contribution in [3.8, 4) is 0 Å². The number of hydrogen-bond acceptors (Lipinski definition) is 1. The van der Waals surface area contributed by atoms with Crippen LogP contribution in [-0.4, -0.2) is 9.55 Å². The maximum atomic E-state index is 4.73. The third-order valence-electron chi connectivity index (χ3n) is 3.03. The van der Waals surface area contributed by atoms with Gasteiger partial charge in [-0.1, -0.05) is 33.6 Å². The van der Waals surface area contributed by atoms with E-state index in [1.807, 2.05) is 0 Å². The first-order valence-electron chi connectivity index (χ1n) is 6.76. The second-order valence-corrected chi connectivity index (χ2v) is 4.71. The molecule has 92 valence electrons. The van der Waals surface area contributed by atoms with E-state index in [-0.39, 0.29) is 0 Å². The van der Waals surface area contributed by atoms with Gasteiger partial charge in [-0.25, -0.2) is 4.98 Å². The van der Waals surface area contributed by atoms with E-state index in [2.05, 4.69) is 38.5 Å². The van der Waals surface area contributed by atoms with Crippen molar-refractivity contribution in [2.45, 2.75) is 72.3 Å². The zero-order valence-corrected chi connectivity index (χ0v) is 11.3. The Morgan fingerprint density at radius 1 is 1.12 bits per heavy atom. The van der Waals surface area contributed by atoms with Gasteiger partial charge in [0.15, 0.2) is 0 Å². The minimum atomic E-state index is 0.662. The van der Waals surface area contributed by atoms with Gasteiger partial charge in [-0.2, -0.15) is 0 Å². The molecule has 0 aliphatic carbocycles. The molecule has 0 atom stereocenters. The van der Waals surface area contributed by atoms with Gasteiger partial charge in [-0.15, -0.1) is 0 Å². The number of rotatable bonds is 7. The molecule has 0 bridgehead atoms. The quantitative estimate of drug-likeness (QED) is 0.673. The number of imidazole rings is 1. The molecule has 0 fully saturated rings. The Labute approximate surface area is 100 Å². The van der Waals surface area contributed by atoms with Crippen molar-refractivity contribution in [3.05, 3.63) is 17.7 Å². The highest BCUT2D eigenvalue weighted by molar-refractivity contribution is 5.07. The van der Waals surface area contributed by atoms with E-state index in [9.17, 15) is 0 Å². The SMILES string of the molecule is CCCC(CCC)c1nc(C)cn1CCC. The molecule has 0 saturated heterocycles. The summed E-state index contributed by atoms with van der Waals surface area (Å²) >= 11 is 0. The zero-order valence-electron chi connectivity index (χ0n) is 11.3. The summed E-state index contributed by atoms with van der Waals surface area (Å²) in [5, 5.41) is 0. The summed E-state index contributed by atoms with van der Waals surface area (Å²) in [6.07, 6.45) is 8.44. The Kier molecular flexibility index (Phi) is 5.58. The van der Waals surface area contributed by atoms with Crippen LogP contribution in [0.1, 0.15) is 70.3 Å². The average molecular weight is 222 g/mol. The average Bonchev–Trinajstić information content (AvgIpc) is 2.60. The van der Waals surface area contributed by atoms with Gasteiger partial charge in [0.25, 0.3) is 0 Å². The first kappa shape index (κ1) is 13.3. The molecule has 0 unspecified atom stereocenters. The van der Waals surface area contributed by atoms with Crippen LogP contribution in [0.5, 0.6) is 0 Å². The standard InChI is InChI=1S/C14H26N2/c1-5-8-13(9-6-2)14-15-12(4)11-16(14)10-7-3/h11,13H,5-10H2,1-4H3. The van der Waals surface area contributed by atoms with Crippen LogP contribution in [0.2, 0.25) is 0 Å². The van der Waals surface area contributed by atoms with Gasteiger partial charge in [0.1, 0.15) is 5.82 Å². The van der Waals surface area contributed by atoms with Crippen LogP contribution in [0.3, 0.4) is 0 Å². The van der Waals surface area contributed by atoms with Crippen LogP contribution in [0.25, 0.3) is 0 Å². The molecule has 0 saturated carbocycles. The molecule has 1 rings (SSSR count). The van der Waals surface area contributed by atoms with Crippen molar-refractivity contribution in [2.24, 2.45) is 0 Å². The molecule has 0 aliphatic rings. The molecule has 1 aromatic heterocycles. The summed E-state index contributed by atoms with van der Waals surface area (Å²) in [7, 11) is 0. The van der Waals surface area contributed by atoms with Crippen LogP contribution in [0.4, 0.5) is 0 Å². The first-order valence-corrected chi connectivity index (χ1v) is 6.76. The van der Waals surface area contributed by atoms with Crippen molar-refractivity contribution in [2.75, 3.05) is 0 Å². The summed E-state index contributed by atoms with van der Waals surface area (Å²) in [5.74, 6) is 1.98. The van der Waals surface area contributed by atoms with Gasteiger partial charge in [-0.05, 0) is 26.2 Å². The molecular formula is C14H26N2. The van der Waals surface area contributed by atoms with Gasteiger partial charge < -0.3 is 4.57 Å². The molecule has 0 aliphatic heterocycles. The van der Waals surface area contributed by atoms with Crippen molar-refractivity contribution >= 4 is 0 Å². The van der Waals surface area contributed by atoms with E-state index in [0.29, 0.717) is 5.92 Å². The highest BCUT2D eigenvalue weighted by Gasteiger charge is 2.16. The fourth-order valence-electron chi connectivity index (χ4n) is 2.41. The van der Waals surface area contributed by atoms with Gasteiger partial charge >= 0.3 is 0 Å². The smallest absolute Gasteiger partial charge is 0.112 e. The van der Waals surface area contributed by atoms with Gasteiger partial charge in [0.05, 0.1) is 5.69 Å². The normalized spacial score (nSPS) is 11.3. The number of hydrogen-bond donors (Lipinski definition) is 0. The highest BCUT2D eigenvalue weighted by atomic mass is 15.1. The van der Waals surface area contributed by atoms with E-state index in [0.717, 1.165) is 6.54 Å². The third-order valence-corrected chi connectivity index (χ3v) is 3.03. The molecule has 2 nitrogen and oxygen atoms in total. The number of aryl methyl sites for hydroxylation is 2. The molecule has 0 N–H and O–H groups in total. The number of aromatic nitrogens is 2. The summed E-state index contributed by atoms with van der Waals surface area (Å²) in [6.45, 7) is 9.98. The van der Waals surface area contributed by atoms with Crippen LogP contribution >= 0.6 is 0 Å². The van der Waals surface area contributed by atoms with Crippen molar-refractivity contribution in [1.82, 2.24) is 9.55 Å². The predicted octanol–water partition coefficient (Wildman–Crippen LogP) is 4.29. The Morgan fingerprint density at radius 3 is 2.25 bits per heavy atom. The molecule has 1 heterocycles. The van der Waals surface area contributed by atoms with Crippen LogP contribution < -0.4 is 0 Å². The lowest BCUT2D eigenvalue weighted by Crippen LogP contribution is -2.09. The van der Waals surface area contributed by atoms with E-state index in [4.69, 9.17) is 4.98 Å². The summed E-state index contributed by atoms with van der Waals surface area (Å²) in [5.41, 5.74) is 1.17. The fourth-order valence-corrected chi connectivity index (χ4v) is 2.41. The van der Waals surface area contributed by atoms with E-state index >= 15 is 0 Å². The summed E-state index contributed by atoms with van der Waals surface area (Å²) in [6, 6.07) is 0. The topological polar surface area (TPSA) is 17.8 Å². The predicted molar refractivity (Wildman–Crippen MR) is 69.8 cm³/mol. The minimum absolute atomic E-state index is 0.662. The Morgan fingerprint density at radius 2 is 1.75 bits per heavy atom. The van der Waals surface area contributed by atoms with Gasteiger partial charge in [0.2, 0.25) is 0 Å². The van der Waals surface area contributed by atoms with Crippen molar-refractivity contribution in [3.63, 3.8) is 0 Å². The molecule has 0 radical (unpaired) electrons. The molecule has 2 heteroatoms. The van der Waals surface area contributed by atoms with Gasteiger partial charge in [-0.3, -0.25) is 0 Å². The Hall–Kier alpha value is -0.790. The Balaban J connectivity index is 2.87. The lowest BCUT2D eigenvalue weighted by molar-refractivity contribution is 0.499. The van der Waals surface area contributed by atoms with E-state index in [1.54, 1.807) is 0 Å². The summed E-state index contributed by atoms with van der Waals surface area (Å²) < 4.78 is 2.37. The fraction of sp³-hybridized carbons (Fsp3) is 0.786. The van der Waals surface area contributed by atoms with Crippen molar-refractivity contribution < 1.29 is 0 Å². The monoisotopic (exact) mass is 222 g/mol. The lowest BCUT2D eigenvalue weighted by atomic mass is 9.97. The van der Waals surface area contributed by atoms with Crippen LogP contribution in [0, 0.1) is 6.92 Å². The van der Waals surface area contributed by atoms with E-state index < -0.39 is 0 Å². The van der Waals surface area contributed by atoms with Crippen molar-refractivity contribution in [1.29, 1.82) is 0 Å². The molecule has 0 aromatic carbocycles. The third kappa shape index (κ3) is 3.36. The maximum absolute atomic E-state index is 4.73. The molecule has 0 amide bonds. The second-order valence-electron chi connectivity index (χ2n) is 4.71. The minimum Gasteiger partial charge on any atom is -0.334 e. The molecule has 16 heavy (non-hydrogen) atoms. The molecular weight excluding hydrogens is 196 g/mol. The second kappa shape index (κ2) is 6.72. The van der Waals surface area contributed by atoms with Gasteiger partial charge in [0, 0.05) is 18.7 Å². The highest BCUT2D eigenvalue weighted by Crippen LogP contribution is 2.25. The molecule has 0 spiro atoms. The number of nitrogens with zero attached hydrogens (tertiary/aromatic N) is 2. The molecule has 1 aromatic rings.